The molecule has 0 saturated carbocycles. The summed E-state index contributed by atoms with van der Waals surface area (Å²) in [6.07, 6.45) is 1.18. The number of ether oxygens (including phenoxy) is 1. The fourth-order valence-corrected chi connectivity index (χ4v) is 2.98. The maximum absolute atomic E-state index is 10.6. The number of carbonyl (C=O) groups is 1. The van der Waals surface area contributed by atoms with Crippen LogP contribution in [-0.4, -0.2) is 17.7 Å². The van der Waals surface area contributed by atoms with Gasteiger partial charge in [-0.1, -0.05) is 6.92 Å². The highest BCUT2D eigenvalue weighted by atomic mass is 32.1. The average molecular weight is 226 g/mol. The fourth-order valence-electron chi connectivity index (χ4n) is 1.78. The second kappa shape index (κ2) is 4.33. The molecule has 0 spiro atoms. The molecule has 2 rings (SSSR count). The molecule has 1 aliphatic heterocycles. The molecule has 1 aromatic heterocycles. The Morgan fingerprint density at radius 1 is 1.73 bits per heavy atom. The second-order valence-electron chi connectivity index (χ2n) is 3.90. The first kappa shape index (κ1) is 10.6. The van der Waals surface area contributed by atoms with Gasteiger partial charge in [-0.15, -0.1) is 11.3 Å². The van der Waals surface area contributed by atoms with Crippen LogP contribution in [0.3, 0.4) is 0 Å². The van der Waals surface area contributed by atoms with Crippen LogP contribution in [0.15, 0.2) is 6.07 Å². The van der Waals surface area contributed by atoms with Crippen LogP contribution in [0, 0.1) is 0 Å². The van der Waals surface area contributed by atoms with Crippen LogP contribution >= 0.6 is 11.3 Å². The van der Waals surface area contributed by atoms with Gasteiger partial charge in [0.1, 0.15) is 0 Å². The number of hydrogen-bond donors (Lipinski definition) is 1. The SMILES string of the molecule is CC(CC(=O)O)c1cc2c(s1)CCOC2. The van der Waals surface area contributed by atoms with Gasteiger partial charge in [-0.25, -0.2) is 0 Å². The van der Waals surface area contributed by atoms with E-state index in [9.17, 15) is 4.79 Å². The Morgan fingerprint density at radius 2 is 2.53 bits per heavy atom. The van der Waals surface area contributed by atoms with Crippen LogP contribution in [0.2, 0.25) is 0 Å². The summed E-state index contributed by atoms with van der Waals surface area (Å²) in [5, 5.41) is 8.73. The van der Waals surface area contributed by atoms with E-state index in [0.29, 0.717) is 6.61 Å². The van der Waals surface area contributed by atoms with Gasteiger partial charge in [0.2, 0.25) is 0 Å². The van der Waals surface area contributed by atoms with Crippen LogP contribution in [-0.2, 0) is 22.6 Å². The molecule has 1 aromatic rings. The molecule has 15 heavy (non-hydrogen) atoms. The summed E-state index contributed by atoms with van der Waals surface area (Å²) in [6, 6.07) is 2.10. The largest absolute Gasteiger partial charge is 0.481 e. The number of aliphatic carboxylic acids is 1. The molecule has 0 fully saturated rings. The molecular formula is C11H14O3S. The van der Waals surface area contributed by atoms with Crippen LogP contribution < -0.4 is 0 Å². The van der Waals surface area contributed by atoms with Crippen molar-refractivity contribution in [3.05, 3.63) is 21.4 Å². The molecule has 0 aromatic carbocycles. The predicted molar refractivity (Wildman–Crippen MR) is 58.3 cm³/mol. The number of rotatable bonds is 3. The predicted octanol–water partition coefficient (Wildman–Crippen LogP) is 2.40. The van der Waals surface area contributed by atoms with Crippen molar-refractivity contribution in [2.75, 3.05) is 6.61 Å². The molecule has 0 amide bonds. The van der Waals surface area contributed by atoms with Gasteiger partial charge in [-0.3, -0.25) is 4.79 Å². The minimum absolute atomic E-state index is 0.109. The monoisotopic (exact) mass is 226 g/mol. The van der Waals surface area contributed by atoms with Gasteiger partial charge in [0.15, 0.2) is 0 Å². The molecule has 0 bridgehead atoms. The fraction of sp³-hybridized carbons (Fsp3) is 0.545. The molecule has 1 aliphatic rings. The Bertz CT molecular complexity index is 346. The maximum Gasteiger partial charge on any atom is 0.303 e. The quantitative estimate of drug-likeness (QED) is 0.860. The zero-order valence-corrected chi connectivity index (χ0v) is 9.47. The summed E-state index contributed by atoms with van der Waals surface area (Å²) in [7, 11) is 0. The Kier molecular flexibility index (Phi) is 3.07. The molecule has 4 heteroatoms. The molecular weight excluding hydrogens is 212 g/mol. The Labute approximate surface area is 92.7 Å². The van der Waals surface area contributed by atoms with E-state index in [1.165, 1.54) is 15.3 Å². The standard InChI is InChI=1S/C11H14O3S/c1-7(4-11(12)13)10-5-8-6-14-3-2-9(8)15-10/h5,7H,2-4,6H2,1H3,(H,12,13). The lowest BCUT2D eigenvalue weighted by molar-refractivity contribution is -0.137. The first-order chi connectivity index (χ1) is 7.16. The van der Waals surface area contributed by atoms with Crippen molar-refractivity contribution < 1.29 is 14.6 Å². The van der Waals surface area contributed by atoms with Crippen LogP contribution in [0.5, 0.6) is 0 Å². The normalized spacial score (nSPS) is 17.1. The zero-order valence-electron chi connectivity index (χ0n) is 8.66. The third-order valence-electron chi connectivity index (χ3n) is 2.61. The lowest BCUT2D eigenvalue weighted by atomic mass is 10.0. The topological polar surface area (TPSA) is 46.5 Å². The van der Waals surface area contributed by atoms with E-state index >= 15 is 0 Å². The van der Waals surface area contributed by atoms with Crippen LogP contribution in [0.1, 0.15) is 34.6 Å². The molecule has 3 nitrogen and oxygen atoms in total. The van der Waals surface area contributed by atoms with E-state index in [-0.39, 0.29) is 12.3 Å². The molecule has 1 N–H and O–H groups in total. The zero-order chi connectivity index (χ0) is 10.8. The summed E-state index contributed by atoms with van der Waals surface area (Å²) in [5.74, 6) is -0.622. The highest BCUT2D eigenvalue weighted by Crippen LogP contribution is 2.32. The first-order valence-corrected chi connectivity index (χ1v) is 5.89. The van der Waals surface area contributed by atoms with E-state index in [4.69, 9.17) is 9.84 Å². The number of carboxylic acid groups (broad SMARTS) is 1. The van der Waals surface area contributed by atoms with Crippen molar-refractivity contribution in [2.45, 2.75) is 32.3 Å². The first-order valence-electron chi connectivity index (χ1n) is 5.08. The van der Waals surface area contributed by atoms with Crippen molar-refractivity contribution in [3.8, 4) is 0 Å². The molecule has 1 atom stereocenters. The molecule has 0 aliphatic carbocycles. The molecule has 2 heterocycles. The van der Waals surface area contributed by atoms with Gasteiger partial charge in [0.25, 0.3) is 0 Å². The Balaban J connectivity index is 2.15. The number of thiophene rings is 1. The smallest absolute Gasteiger partial charge is 0.303 e. The molecule has 0 saturated heterocycles. The van der Waals surface area contributed by atoms with E-state index in [1.54, 1.807) is 11.3 Å². The number of fused-ring (bicyclic) bond motifs is 1. The summed E-state index contributed by atoms with van der Waals surface area (Å²) < 4.78 is 5.36. The lowest BCUT2D eigenvalue weighted by Crippen LogP contribution is -2.05. The minimum Gasteiger partial charge on any atom is -0.481 e. The van der Waals surface area contributed by atoms with Crippen LogP contribution in [0.4, 0.5) is 0 Å². The van der Waals surface area contributed by atoms with E-state index in [1.807, 2.05) is 6.92 Å². The van der Waals surface area contributed by atoms with Crippen molar-refractivity contribution >= 4 is 17.3 Å². The van der Waals surface area contributed by atoms with Crippen molar-refractivity contribution in [2.24, 2.45) is 0 Å². The second-order valence-corrected chi connectivity index (χ2v) is 5.07. The van der Waals surface area contributed by atoms with Gasteiger partial charge < -0.3 is 9.84 Å². The van der Waals surface area contributed by atoms with Gasteiger partial charge in [-0.2, -0.15) is 0 Å². The number of hydrogen-bond acceptors (Lipinski definition) is 3. The summed E-state index contributed by atoms with van der Waals surface area (Å²) in [4.78, 5) is 13.1. The molecule has 1 unspecified atom stereocenters. The van der Waals surface area contributed by atoms with Gasteiger partial charge >= 0.3 is 5.97 Å². The lowest BCUT2D eigenvalue weighted by Gasteiger charge is -2.10. The third kappa shape index (κ3) is 2.38. The van der Waals surface area contributed by atoms with Crippen LogP contribution in [0.25, 0.3) is 0 Å². The third-order valence-corrected chi connectivity index (χ3v) is 4.08. The Morgan fingerprint density at radius 3 is 3.20 bits per heavy atom. The van der Waals surface area contributed by atoms with Gasteiger partial charge in [0.05, 0.1) is 19.6 Å². The van der Waals surface area contributed by atoms with E-state index < -0.39 is 5.97 Å². The van der Waals surface area contributed by atoms with E-state index in [0.717, 1.165) is 13.0 Å². The maximum atomic E-state index is 10.6. The molecule has 82 valence electrons. The van der Waals surface area contributed by atoms with Gasteiger partial charge in [0, 0.05) is 22.1 Å². The average Bonchev–Trinajstić information content (AvgIpc) is 2.59. The summed E-state index contributed by atoms with van der Waals surface area (Å²) in [6.45, 7) is 3.44. The summed E-state index contributed by atoms with van der Waals surface area (Å²) in [5.41, 5.74) is 1.25. The van der Waals surface area contributed by atoms with E-state index in [2.05, 4.69) is 6.07 Å². The van der Waals surface area contributed by atoms with Crippen molar-refractivity contribution in [1.82, 2.24) is 0 Å². The summed E-state index contributed by atoms with van der Waals surface area (Å²) >= 11 is 1.74. The highest BCUT2D eigenvalue weighted by Gasteiger charge is 2.18. The Hall–Kier alpha value is -0.870. The van der Waals surface area contributed by atoms with Crippen molar-refractivity contribution in [1.29, 1.82) is 0 Å². The highest BCUT2D eigenvalue weighted by molar-refractivity contribution is 7.12. The molecule has 0 radical (unpaired) electrons. The van der Waals surface area contributed by atoms with Gasteiger partial charge in [-0.05, 0) is 11.6 Å². The minimum atomic E-state index is -0.731. The van der Waals surface area contributed by atoms with Crippen molar-refractivity contribution in [3.63, 3.8) is 0 Å². The number of carboxylic acids is 1.